The van der Waals surface area contributed by atoms with Crippen LogP contribution in [0.4, 0.5) is 19.0 Å². The van der Waals surface area contributed by atoms with Gasteiger partial charge in [-0.25, -0.2) is 0 Å². The van der Waals surface area contributed by atoms with Crippen molar-refractivity contribution in [2.24, 2.45) is 0 Å². The van der Waals surface area contributed by atoms with E-state index in [1.165, 1.54) is 12.1 Å². The number of halogens is 4. The number of fused-ring (bicyclic) bond motifs is 1. The lowest BCUT2D eigenvalue weighted by molar-refractivity contribution is -0.137. The lowest BCUT2D eigenvalue weighted by Crippen LogP contribution is -2.32. The average molecular weight is 411 g/mol. The summed E-state index contributed by atoms with van der Waals surface area (Å²) in [6.45, 7) is 1.12. The molecule has 2 aromatic carbocycles. The largest absolute Gasteiger partial charge is 0.416 e. The van der Waals surface area contributed by atoms with Gasteiger partial charge in [0.25, 0.3) is 0 Å². The third-order valence-electron chi connectivity index (χ3n) is 4.68. The van der Waals surface area contributed by atoms with Gasteiger partial charge >= 0.3 is 6.18 Å². The highest BCUT2D eigenvalue weighted by atomic mass is 35.5. The van der Waals surface area contributed by atoms with Crippen LogP contribution in [0.25, 0.3) is 22.0 Å². The molecule has 1 aromatic heterocycles. The number of nitrogens with one attached hydrogen (secondary N) is 2. The van der Waals surface area contributed by atoms with Gasteiger partial charge in [-0.2, -0.15) is 13.2 Å². The fourth-order valence-electron chi connectivity index (χ4n) is 3.23. The van der Waals surface area contributed by atoms with E-state index in [-0.39, 0.29) is 18.4 Å². The highest BCUT2D eigenvalue weighted by Gasteiger charge is 2.30. The predicted octanol–water partition coefficient (Wildman–Crippen LogP) is 3.48. The van der Waals surface area contributed by atoms with Crippen LogP contribution >= 0.6 is 12.4 Å². The summed E-state index contributed by atoms with van der Waals surface area (Å²) in [7, 11) is 0. The highest BCUT2D eigenvalue weighted by Crippen LogP contribution is 2.33. The standard InChI is InChI=1S/C19H17F3N4O.ClH/c20-19(21,22)12-7-5-11(6-8-12)17-13-3-1-2-4-14(13)18(26-25-17)24-15-9-23-10-16(15)27;/h1-8,15-16,23,27H,9-10H2,(H,24,26);1H/t15-,16+;/m1./s1. The van der Waals surface area contributed by atoms with Crippen molar-refractivity contribution in [3.63, 3.8) is 0 Å². The fourth-order valence-corrected chi connectivity index (χ4v) is 3.23. The molecular weight excluding hydrogens is 393 g/mol. The van der Waals surface area contributed by atoms with E-state index >= 15 is 0 Å². The Kier molecular flexibility index (Phi) is 5.74. The number of rotatable bonds is 3. The van der Waals surface area contributed by atoms with E-state index in [2.05, 4.69) is 20.8 Å². The molecule has 9 heteroatoms. The summed E-state index contributed by atoms with van der Waals surface area (Å²) in [6.07, 6.45) is -4.91. The third-order valence-corrected chi connectivity index (χ3v) is 4.68. The third kappa shape index (κ3) is 3.89. The Balaban J connectivity index is 0.00000225. The van der Waals surface area contributed by atoms with Crippen molar-refractivity contribution < 1.29 is 18.3 Å². The summed E-state index contributed by atoms with van der Waals surface area (Å²) in [6, 6.07) is 12.1. The number of β-amino-alcohol motifs (C(OH)–C–C–N with tert-alkyl or cyclic N) is 1. The van der Waals surface area contributed by atoms with Crippen molar-refractivity contribution in [1.82, 2.24) is 15.5 Å². The normalized spacial score (nSPS) is 19.4. The Morgan fingerprint density at radius 1 is 0.964 bits per heavy atom. The van der Waals surface area contributed by atoms with E-state index in [9.17, 15) is 18.3 Å². The molecule has 3 N–H and O–H groups in total. The first kappa shape index (κ1) is 20.3. The zero-order valence-corrected chi connectivity index (χ0v) is 15.4. The second kappa shape index (κ2) is 7.90. The molecule has 1 fully saturated rings. The van der Waals surface area contributed by atoms with Gasteiger partial charge in [0.1, 0.15) is 5.69 Å². The summed E-state index contributed by atoms with van der Waals surface area (Å²) in [5, 5.41) is 26.3. The molecule has 0 amide bonds. The van der Waals surface area contributed by atoms with Crippen LogP contribution in [0.5, 0.6) is 0 Å². The Hall–Kier alpha value is -2.42. The molecule has 1 saturated heterocycles. The van der Waals surface area contributed by atoms with Gasteiger partial charge in [-0.15, -0.1) is 22.6 Å². The second-order valence-corrected chi connectivity index (χ2v) is 6.49. The van der Waals surface area contributed by atoms with Crippen LogP contribution in [-0.2, 0) is 6.18 Å². The molecule has 3 aromatic rings. The molecule has 0 unspecified atom stereocenters. The SMILES string of the molecule is Cl.O[C@H]1CNC[C@H]1Nc1nnc(-c2ccc(C(F)(F)F)cc2)c2ccccc12. The minimum Gasteiger partial charge on any atom is -0.390 e. The van der Waals surface area contributed by atoms with Crippen LogP contribution in [0.2, 0.25) is 0 Å². The van der Waals surface area contributed by atoms with E-state index in [1.807, 2.05) is 24.3 Å². The lowest BCUT2D eigenvalue weighted by Gasteiger charge is -2.18. The Labute approximate surface area is 165 Å². The average Bonchev–Trinajstić information content (AvgIpc) is 3.06. The van der Waals surface area contributed by atoms with Gasteiger partial charge in [-0.05, 0) is 12.1 Å². The summed E-state index contributed by atoms with van der Waals surface area (Å²) in [5.74, 6) is 0.536. The molecule has 2 heterocycles. The van der Waals surface area contributed by atoms with Crippen molar-refractivity contribution in [3.05, 3.63) is 54.1 Å². The first-order chi connectivity index (χ1) is 12.9. The lowest BCUT2D eigenvalue weighted by atomic mass is 10.0. The summed E-state index contributed by atoms with van der Waals surface area (Å²) in [5.41, 5.74) is 0.361. The minimum absolute atomic E-state index is 0. The van der Waals surface area contributed by atoms with Crippen LogP contribution in [0.3, 0.4) is 0 Å². The Bertz CT molecular complexity index is 966. The first-order valence-electron chi connectivity index (χ1n) is 8.52. The van der Waals surface area contributed by atoms with Gasteiger partial charge in [-0.1, -0.05) is 36.4 Å². The molecule has 28 heavy (non-hydrogen) atoms. The number of anilines is 1. The molecule has 4 rings (SSSR count). The molecule has 148 valence electrons. The fraction of sp³-hybridized carbons (Fsp3) is 0.263. The molecule has 0 radical (unpaired) electrons. The minimum atomic E-state index is -4.38. The molecule has 0 bridgehead atoms. The zero-order chi connectivity index (χ0) is 19.0. The van der Waals surface area contributed by atoms with E-state index in [0.29, 0.717) is 30.2 Å². The second-order valence-electron chi connectivity index (χ2n) is 6.49. The van der Waals surface area contributed by atoms with Crippen molar-refractivity contribution in [1.29, 1.82) is 0 Å². The zero-order valence-electron chi connectivity index (χ0n) is 14.6. The molecule has 0 saturated carbocycles. The smallest absolute Gasteiger partial charge is 0.390 e. The number of nitrogens with zero attached hydrogens (tertiary/aromatic N) is 2. The maximum atomic E-state index is 12.8. The van der Waals surface area contributed by atoms with Crippen LogP contribution in [0.1, 0.15) is 5.56 Å². The van der Waals surface area contributed by atoms with E-state index in [0.717, 1.165) is 22.9 Å². The van der Waals surface area contributed by atoms with Gasteiger partial charge in [-0.3, -0.25) is 0 Å². The molecule has 1 aliphatic heterocycles. The quantitative estimate of drug-likeness (QED) is 0.616. The molecule has 1 aliphatic rings. The van der Waals surface area contributed by atoms with Crippen LogP contribution < -0.4 is 10.6 Å². The molecule has 0 aliphatic carbocycles. The van der Waals surface area contributed by atoms with E-state index in [1.54, 1.807) is 0 Å². The van der Waals surface area contributed by atoms with E-state index in [4.69, 9.17) is 0 Å². The number of hydrogen-bond acceptors (Lipinski definition) is 5. The van der Waals surface area contributed by atoms with Crippen LogP contribution in [0, 0.1) is 0 Å². The van der Waals surface area contributed by atoms with Gasteiger partial charge in [0, 0.05) is 29.4 Å². The topological polar surface area (TPSA) is 70.1 Å². The van der Waals surface area contributed by atoms with Gasteiger partial charge in [0.15, 0.2) is 5.82 Å². The van der Waals surface area contributed by atoms with Crippen molar-refractivity contribution in [3.8, 4) is 11.3 Å². The number of aromatic nitrogens is 2. The maximum Gasteiger partial charge on any atom is 0.416 e. The van der Waals surface area contributed by atoms with Gasteiger partial charge in [0.2, 0.25) is 0 Å². The number of alkyl halides is 3. The Morgan fingerprint density at radius 3 is 2.25 bits per heavy atom. The predicted molar refractivity (Wildman–Crippen MR) is 104 cm³/mol. The molecule has 0 spiro atoms. The molecule has 2 atom stereocenters. The number of hydrogen-bond donors (Lipinski definition) is 3. The molecule has 5 nitrogen and oxygen atoms in total. The monoisotopic (exact) mass is 410 g/mol. The highest BCUT2D eigenvalue weighted by molar-refractivity contribution is 6.00. The summed E-state index contributed by atoms with van der Waals surface area (Å²) in [4.78, 5) is 0. The first-order valence-corrected chi connectivity index (χ1v) is 8.52. The van der Waals surface area contributed by atoms with E-state index < -0.39 is 17.8 Å². The number of aliphatic hydroxyl groups excluding tert-OH is 1. The summed E-state index contributed by atoms with van der Waals surface area (Å²) >= 11 is 0. The van der Waals surface area contributed by atoms with Gasteiger partial charge < -0.3 is 15.7 Å². The van der Waals surface area contributed by atoms with Crippen molar-refractivity contribution in [2.75, 3.05) is 18.4 Å². The van der Waals surface area contributed by atoms with Crippen molar-refractivity contribution >= 4 is 29.0 Å². The summed E-state index contributed by atoms with van der Waals surface area (Å²) < 4.78 is 38.4. The Morgan fingerprint density at radius 2 is 1.64 bits per heavy atom. The van der Waals surface area contributed by atoms with Crippen LogP contribution in [0.15, 0.2) is 48.5 Å². The van der Waals surface area contributed by atoms with Gasteiger partial charge in [0.05, 0.1) is 17.7 Å². The van der Waals surface area contributed by atoms with Crippen LogP contribution in [-0.4, -0.2) is 40.5 Å². The maximum absolute atomic E-state index is 12.8. The number of benzene rings is 2. The number of aliphatic hydroxyl groups is 1. The molecular formula is C19H18ClF3N4O. The van der Waals surface area contributed by atoms with Crippen molar-refractivity contribution in [2.45, 2.75) is 18.3 Å².